The number of aromatic nitrogens is 1. The Hall–Kier alpha value is -1.55. The molecule has 1 aliphatic carbocycles. The van der Waals surface area contributed by atoms with Gasteiger partial charge in [-0.3, -0.25) is 0 Å². The lowest BCUT2D eigenvalue weighted by Crippen LogP contribution is -2.10. The second-order valence-electron chi connectivity index (χ2n) is 5.48. The molecule has 2 aromatic rings. The van der Waals surface area contributed by atoms with Crippen molar-refractivity contribution in [3.8, 4) is 5.75 Å². The van der Waals surface area contributed by atoms with Crippen LogP contribution in [0.2, 0.25) is 0 Å². The molecule has 0 spiro atoms. The van der Waals surface area contributed by atoms with Crippen LogP contribution in [0.1, 0.15) is 42.5 Å². The number of ether oxygens (including phenoxy) is 1. The van der Waals surface area contributed by atoms with Gasteiger partial charge in [0.2, 0.25) is 0 Å². The van der Waals surface area contributed by atoms with E-state index in [2.05, 4.69) is 41.5 Å². The van der Waals surface area contributed by atoms with E-state index < -0.39 is 0 Å². The van der Waals surface area contributed by atoms with Crippen molar-refractivity contribution in [2.75, 3.05) is 5.32 Å². The van der Waals surface area contributed by atoms with Crippen molar-refractivity contribution >= 4 is 17.0 Å². The fraction of sp³-hybridized carbons (Fsp3) is 0.471. The normalized spacial score (nSPS) is 15.3. The Morgan fingerprint density at radius 1 is 1.24 bits per heavy atom. The third kappa shape index (κ3) is 3.97. The number of nitrogens with one attached hydrogen (secondary N) is 1. The fourth-order valence-electron chi connectivity index (χ4n) is 2.63. The second-order valence-corrected chi connectivity index (χ2v) is 6.68. The summed E-state index contributed by atoms with van der Waals surface area (Å²) in [6, 6.07) is 8.30. The van der Waals surface area contributed by atoms with E-state index in [1.54, 1.807) is 11.3 Å². The van der Waals surface area contributed by atoms with E-state index in [4.69, 9.17) is 4.74 Å². The van der Waals surface area contributed by atoms with Gasteiger partial charge >= 0.3 is 0 Å². The van der Waals surface area contributed by atoms with Crippen molar-refractivity contribution < 1.29 is 4.74 Å². The summed E-state index contributed by atoms with van der Waals surface area (Å²) in [4.78, 5) is 5.65. The molecule has 1 saturated carbocycles. The molecule has 0 aliphatic heterocycles. The Kier molecular flexibility index (Phi) is 4.76. The summed E-state index contributed by atoms with van der Waals surface area (Å²) < 4.78 is 5.98. The standard InChI is InChI=1S/C17H22N2OS/c1-2-17-19-12-16(21-17)11-18-13-7-9-15(10-8-13)20-14-5-3-4-6-14/h7-10,12,14,18H,2-6,11H2,1H3. The van der Waals surface area contributed by atoms with Crippen LogP contribution in [-0.2, 0) is 13.0 Å². The van der Waals surface area contributed by atoms with E-state index in [1.807, 2.05) is 6.20 Å². The summed E-state index contributed by atoms with van der Waals surface area (Å²) in [6.45, 7) is 2.97. The quantitative estimate of drug-likeness (QED) is 0.844. The SMILES string of the molecule is CCc1ncc(CNc2ccc(OC3CCCC3)cc2)s1. The molecule has 1 N–H and O–H groups in total. The molecular weight excluding hydrogens is 280 g/mol. The number of hydrogen-bond acceptors (Lipinski definition) is 4. The molecule has 1 aromatic heterocycles. The van der Waals surface area contributed by atoms with Crippen molar-refractivity contribution in [2.24, 2.45) is 0 Å². The van der Waals surface area contributed by atoms with Gasteiger partial charge in [0.25, 0.3) is 0 Å². The third-order valence-corrected chi connectivity index (χ3v) is 4.97. The van der Waals surface area contributed by atoms with E-state index in [1.165, 1.54) is 35.6 Å². The summed E-state index contributed by atoms with van der Waals surface area (Å²) in [6.07, 6.45) is 8.41. The summed E-state index contributed by atoms with van der Waals surface area (Å²) in [5.74, 6) is 0.985. The zero-order valence-corrected chi connectivity index (χ0v) is 13.3. The summed E-state index contributed by atoms with van der Waals surface area (Å²) >= 11 is 1.78. The molecule has 0 unspecified atom stereocenters. The van der Waals surface area contributed by atoms with Gasteiger partial charge in [0.05, 0.1) is 17.7 Å². The maximum atomic E-state index is 5.98. The van der Waals surface area contributed by atoms with Crippen molar-refractivity contribution in [1.29, 1.82) is 0 Å². The average Bonchev–Trinajstić information content (AvgIpc) is 3.18. The summed E-state index contributed by atoms with van der Waals surface area (Å²) in [7, 11) is 0. The monoisotopic (exact) mass is 302 g/mol. The number of benzene rings is 1. The van der Waals surface area contributed by atoms with Gasteiger partial charge in [-0.2, -0.15) is 0 Å². The molecular formula is C17H22N2OS. The van der Waals surface area contributed by atoms with Gasteiger partial charge in [-0.05, 0) is 56.4 Å². The Labute approximate surface area is 130 Å². The van der Waals surface area contributed by atoms with Gasteiger partial charge in [-0.1, -0.05) is 6.92 Å². The average molecular weight is 302 g/mol. The number of aryl methyl sites for hydroxylation is 1. The minimum atomic E-state index is 0.425. The molecule has 0 bridgehead atoms. The van der Waals surface area contributed by atoms with Crippen LogP contribution in [0.5, 0.6) is 5.75 Å². The summed E-state index contributed by atoms with van der Waals surface area (Å²) in [5.41, 5.74) is 1.13. The van der Waals surface area contributed by atoms with Gasteiger partial charge in [0.15, 0.2) is 0 Å². The summed E-state index contributed by atoms with van der Waals surface area (Å²) in [5, 5.41) is 4.64. The molecule has 21 heavy (non-hydrogen) atoms. The lowest BCUT2D eigenvalue weighted by atomic mass is 10.2. The van der Waals surface area contributed by atoms with Crippen molar-refractivity contribution in [3.63, 3.8) is 0 Å². The number of rotatable bonds is 6. The van der Waals surface area contributed by atoms with E-state index >= 15 is 0 Å². The van der Waals surface area contributed by atoms with Gasteiger partial charge in [-0.15, -0.1) is 11.3 Å². The molecule has 112 valence electrons. The molecule has 1 aliphatic rings. The Bertz CT molecular complexity index is 558. The van der Waals surface area contributed by atoms with Crippen LogP contribution in [0.4, 0.5) is 5.69 Å². The van der Waals surface area contributed by atoms with Crippen LogP contribution in [0, 0.1) is 0 Å². The highest BCUT2D eigenvalue weighted by Crippen LogP contribution is 2.25. The van der Waals surface area contributed by atoms with E-state index in [-0.39, 0.29) is 0 Å². The molecule has 3 rings (SSSR count). The van der Waals surface area contributed by atoms with E-state index in [0.29, 0.717) is 6.10 Å². The predicted molar refractivity (Wildman–Crippen MR) is 88.1 cm³/mol. The molecule has 3 nitrogen and oxygen atoms in total. The number of nitrogens with zero attached hydrogens (tertiary/aromatic N) is 1. The Morgan fingerprint density at radius 2 is 2.00 bits per heavy atom. The lowest BCUT2D eigenvalue weighted by Gasteiger charge is -2.13. The fourth-order valence-corrected chi connectivity index (χ4v) is 3.43. The van der Waals surface area contributed by atoms with E-state index in [9.17, 15) is 0 Å². The van der Waals surface area contributed by atoms with Crippen LogP contribution in [-0.4, -0.2) is 11.1 Å². The predicted octanol–water partition coefficient (Wildman–Crippen LogP) is 4.64. The number of thiazole rings is 1. The first-order valence-electron chi connectivity index (χ1n) is 7.77. The van der Waals surface area contributed by atoms with Gasteiger partial charge in [0, 0.05) is 16.8 Å². The van der Waals surface area contributed by atoms with Gasteiger partial charge in [0.1, 0.15) is 5.75 Å². The highest BCUT2D eigenvalue weighted by atomic mass is 32.1. The molecule has 4 heteroatoms. The maximum absolute atomic E-state index is 5.98. The van der Waals surface area contributed by atoms with Crippen LogP contribution >= 0.6 is 11.3 Å². The zero-order valence-electron chi connectivity index (χ0n) is 12.5. The molecule has 0 atom stereocenters. The van der Waals surface area contributed by atoms with Crippen LogP contribution in [0.25, 0.3) is 0 Å². The maximum Gasteiger partial charge on any atom is 0.119 e. The number of anilines is 1. The van der Waals surface area contributed by atoms with Crippen LogP contribution in [0.3, 0.4) is 0 Å². The first-order valence-corrected chi connectivity index (χ1v) is 8.59. The smallest absolute Gasteiger partial charge is 0.119 e. The highest BCUT2D eigenvalue weighted by Gasteiger charge is 2.16. The first-order chi connectivity index (χ1) is 10.3. The number of hydrogen-bond donors (Lipinski definition) is 1. The lowest BCUT2D eigenvalue weighted by molar-refractivity contribution is 0.210. The van der Waals surface area contributed by atoms with Crippen LogP contribution < -0.4 is 10.1 Å². The first kappa shape index (κ1) is 14.4. The minimum Gasteiger partial charge on any atom is -0.490 e. The minimum absolute atomic E-state index is 0.425. The molecule has 0 saturated heterocycles. The Morgan fingerprint density at radius 3 is 2.67 bits per heavy atom. The highest BCUT2D eigenvalue weighted by molar-refractivity contribution is 7.11. The molecule has 1 aromatic carbocycles. The third-order valence-electron chi connectivity index (χ3n) is 3.83. The van der Waals surface area contributed by atoms with Crippen molar-refractivity contribution in [3.05, 3.63) is 40.3 Å². The second kappa shape index (κ2) is 6.94. The molecule has 0 amide bonds. The zero-order chi connectivity index (χ0) is 14.5. The van der Waals surface area contributed by atoms with Crippen molar-refractivity contribution in [1.82, 2.24) is 4.98 Å². The topological polar surface area (TPSA) is 34.2 Å². The molecule has 1 heterocycles. The van der Waals surface area contributed by atoms with Crippen molar-refractivity contribution in [2.45, 2.75) is 51.7 Å². The van der Waals surface area contributed by atoms with Gasteiger partial charge < -0.3 is 10.1 Å². The molecule has 0 radical (unpaired) electrons. The van der Waals surface area contributed by atoms with Crippen LogP contribution in [0.15, 0.2) is 30.5 Å². The van der Waals surface area contributed by atoms with E-state index in [0.717, 1.165) is 24.4 Å². The molecule has 1 fully saturated rings. The Balaban J connectivity index is 1.51. The van der Waals surface area contributed by atoms with Gasteiger partial charge in [-0.25, -0.2) is 4.98 Å². The largest absolute Gasteiger partial charge is 0.490 e.